The van der Waals surface area contributed by atoms with Gasteiger partial charge in [-0.2, -0.15) is 11.1 Å². The molecule has 0 atom stereocenters. The molecule has 0 bridgehead atoms. The number of halogens is 1. The van der Waals surface area contributed by atoms with Crippen LogP contribution in [-0.2, 0) is 6.42 Å². The smallest absolute Gasteiger partial charge is 0.151 e. The maximum atomic E-state index is 5.74. The van der Waals surface area contributed by atoms with Gasteiger partial charge >= 0.3 is 0 Å². The van der Waals surface area contributed by atoms with Crippen molar-refractivity contribution in [1.82, 2.24) is 0 Å². The van der Waals surface area contributed by atoms with E-state index in [2.05, 4.69) is 18.7 Å². The molecule has 0 saturated heterocycles. The highest BCUT2D eigenvalue weighted by Crippen LogP contribution is 2.05. The quantitative estimate of drug-likeness (QED) is 0.496. The Kier molecular flexibility index (Phi) is 3.40. The maximum absolute atomic E-state index is 5.74. The summed E-state index contributed by atoms with van der Waals surface area (Å²) >= 11 is 5.74. The van der Waals surface area contributed by atoms with Crippen LogP contribution in [0.2, 0.25) is 0 Å². The van der Waals surface area contributed by atoms with E-state index < -0.39 is 8.83 Å². The Labute approximate surface area is 74.4 Å². The van der Waals surface area contributed by atoms with E-state index in [1.165, 1.54) is 10.8 Å². The van der Waals surface area contributed by atoms with E-state index in [0.717, 1.165) is 6.42 Å². The lowest BCUT2D eigenvalue weighted by Crippen LogP contribution is -1.91. The molecular formula is C9H11ClSi. The van der Waals surface area contributed by atoms with Gasteiger partial charge in [0.15, 0.2) is 8.83 Å². The van der Waals surface area contributed by atoms with Crippen molar-refractivity contribution >= 4 is 19.9 Å². The third kappa shape index (κ3) is 2.91. The molecule has 0 saturated carbocycles. The lowest BCUT2D eigenvalue weighted by molar-refractivity contribution is 1.25. The average molecular weight is 183 g/mol. The normalized spacial score (nSPS) is 10.6. The third-order valence-electron chi connectivity index (χ3n) is 1.49. The molecule has 58 valence electrons. The van der Waals surface area contributed by atoms with Gasteiger partial charge in [-0.25, -0.2) is 0 Å². The van der Waals surface area contributed by atoms with E-state index >= 15 is 0 Å². The molecule has 0 aromatic heterocycles. The summed E-state index contributed by atoms with van der Waals surface area (Å²) in [6.45, 7) is 3.90. The van der Waals surface area contributed by atoms with E-state index in [0.29, 0.717) is 0 Å². The average Bonchev–Trinajstić information content (AvgIpc) is 2.06. The van der Waals surface area contributed by atoms with Crippen LogP contribution in [0.5, 0.6) is 0 Å². The van der Waals surface area contributed by atoms with Crippen molar-refractivity contribution < 1.29 is 0 Å². The van der Waals surface area contributed by atoms with Gasteiger partial charge < -0.3 is 0 Å². The van der Waals surface area contributed by atoms with Crippen LogP contribution < -0.4 is 0 Å². The molecule has 0 aliphatic carbocycles. The van der Waals surface area contributed by atoms with E-state index in [1.54, 1.807) is 0 Å². The van der Waals surface area contributed by atoms with Crippen molar-refractivity contribution in [3.05, 3.63) is 47.7 Å². The summed E-state index contributed by atoms with van der Waals surface area (Å²) in [5.74, 6) is 0. The second kappa shape index (κ2) is 4.37. The Bertz CT molecular complexity index is 231. The van der Waals surface area contributed by atoms with Crippen molar-refractivity contribution in [2.45, 2.75) is 6.42 Å². The highest BCUT2D eigenvalue weighted by Gasteiger charge is 1.94. The molecule has 0 heterocycles. The molecule has 1 aromatic carbocycles. The molecule has 0 radical (unpaired) electrons. The monoisotopic (exact) mass is 182 g/mol. The summed E-state index contributed by atoms with van der Waals surface area (Å²) in [7, 11) is -0.528. The molecule has 2 heteroatoms. The molecule has 0 unspecified atom stereocenters. The molecule has 0 spiro atoms. The second-order valence-corrected chi connectivity index (χ2v) is 4.62. The summed E-state index contributed by atoms with van der Waals surface area (Å²) in [6.07, 6.45) is 0.955. The number of hydrogen-bond acceptors (Lipinski definition) is 0. The number of allylic oxidation sites excluding steroid dienone is 1. The van der Waals surface area contributed by atoms with Gasteiger partial charge in [0.1, 0.15) is 0 Å². The van der Waals surface area contributed by atoms with Crippen LogP contribution in [0, 0.1) is 0 Å². The van der Waals surface area contributed by atoms with Crippen LogP contribution in [0.1, 0.15) is 5.56 Å². The van der Waals surface area contributed by atoms with Gasteiger partial charge in [-0.05, 0) is 12.0 Å². The van der Waals surface area contributed by atoms with Gasteiger partial charge in [0.2, 0.25) is 0 Å². The summed E-state index contributed by atoms with van der Waals surface area (Å²) in [6, 6.07) is 10.3. The Hall–Kier alpha value is -0.533. The lowest BCUT2D eigenvalue weighted by Gasteiger charge is -1.99. The first kappa shape index (κ1) is 8.56. The molecule has 1 rings (SSSR count). The largest absolute Gasteiger partial charge is 0.170 e. The minimum Gasteiger partial charge on any atom is -0.170 e. The van der Waals surface area contributed by atoms with E-state index in [-0.39, 0.29) is 0 Å². The van der Waals surface area contributed by atoms with Gasteiger partial charge in [-0.15, -0.1) is 6.58 Å². The summed E-state index contributed by atoms with van der Waals surface area (Å²) < 4.78 is 0. The van der Waals surface area contributed by atoms with Crippen molar-refractivity contribution in [3.8, 4) is 0 Å². The Morgan fingerprint density at radius 1 is 1.36 bits per heavy atom. The summed E-state index contributed by atoms with van der Waals surface area (Å²) in [4.78, 5) is 0. The van der Waals surface area contributed by atoms with Crippen LogP contribution in [0.15, 0.2) is 42.1 Å². The Balaban J connectivity index is 2.58. The zero-order valence-electron chi connectivity index (χ0n) is 6.39. The highest BCUT2D eigenvalue weighted by molar-refractivity contribution is 6.97. The van der Waals surface area contributed by atoms with E-state index in [4.69, 9.17) is 11.1 Å². The molecule has 0 aliphatic rings. The maximum Gasteiger partial charge on any atom is 0.151 e. The first-order valence-corrected chi connectivity index (χ1v) is 6.44. The minimum absolute atomic E-state index is 0.528. The molecule has 0 aliphatic heterocycles. The first-order valence-electron chi connectivity index (χ1n) is 3.59. The zero-order chi connectivity index (χ0) is 8.10. The predicted molar refractivity (Wildman–Crippen MR) is 53.7 cm³/mol. The minimum atomic E-state index is -0.528. The van der Waals surface area contributed by atoms with Crippen LogP contribution in [0.3, 0.4) is 0 Å². The number of benzene rings is 1. The molecule has 1 aromatic rings. The van der Waals surface area contributed by atoms with E-state index in [9.17, 15) is 0 Å². The van der Waals surface area contributed by atoms with Crippen LogP contribution >= 0.6 is 11.1 Å². The molecule has 0 amide bonds. The Morgan fingerprint density at radius 3 is 2.55 bits per heavy atom. The fourth-order valence-electron chi connectivity index (χ4n) is 0.932. The highest BCUT2D eigenvalue weighted by atomic mass is 35.6. The van der Waals surface area contributed by atoms with Crippen LogP contribution in [0.25, 0.3) is 0 Å². The molecule has 0 N–H and O–H groups in total. The summed E-state index contributed by atoms with van der Waals surface area (Å²) in [5.41, 5.74) is 1.31. The van der Waals surface area contributed by atoms with Gasteiger partial charge in [0.25, 0.3) is 0 Å². The van der Waals surface area contributed by atoms with Gasteiger partial charge in [0.05, 0.1) is 0 Å². The standard InChI is InChI=1S/C9H11ClSi/c1-8(11-10)7-9-5-3-2-4-6-9/h2-6H,1,7,11H2. The van der Waals surface area contributed by atoms with Crippen molar-refractivity contribution in [2.75, 3.05) is 0 Å². The predicted octanol–water partition coefficient (Wildman–Crippen LogP) is 2.07. The van der Waals surface area contributed by atoms with Gasteiger partial charge in [-0.3, -0.25) is 0 Å². The zero-order valence-corrected chi connectivity index (χ0v) is 8.56. The molecule has 0 nitrogen and oxygen atoms in total. The van der Waals surface area contributed by atoms with Crippen molar-refractivity contribution in [2.24, 2.45) is 0 Å². The molecule has 11 heavy (non-hydrogen) atoms. The SMILES string of the molecule is C=C(Cc1ccccc1)[SiH2]Cl. The first-order chi connectivity index (χ1) is 5.33. The second-order valence-electron chi connectivity index (χ2n) is 2.55. The lowest BCUT2D eigenvalue weighted by atomic mass is 10.1. The third-order valence-corrected chi connectivity index (χ3v) is 3.25. The fourth-order valence-corrected chi connectivity index (χ4v) is 1.60. The Morgan fingerprint density at radius 2 is 2.00 bits per heavy atom. The van der Waals surface area contributed by atoms with Crippen LogP contribution in [-0.4, -0.2) is 8.83 Å². The molecular weight excluding hydrogens is 172 g/mol. The van der Waals surface area contributed by atoms with Gasteiger partial charge in [-0.1, -0.05) is 35.5 Å². The number of hydrogen-bond donors (Lipinski definition) is 0. The van der Waals surface area contributed by atoms with Crippen molar-refractivity contribution in [3.63, 3.8) is 0 Å². The topological polar surface area (TPSA) is 0 Å². The van der Waals surface area contributed by atoms with Crippen LogP contribution in [0.4, 0.5) is 0 Å². The fraction of sp³-hybridized carbons (Fsp3) is 0.111. The number of rotatable bonds is 3. The van der Waals surface area contributed by atoms with E-state index in [1.807, 2.05) is 18.2 Å². The molecule has 0 fully saturated rings. The summed E-state index contributed by atoms with van der Waals surface area (Å²) in [5, 5.41) is 1.21. The van der Waals surface area contributed by atoms with Gasteiger partial charge in [0, 0.05) is 0 Å². The van der Waals surface area contributed by atoms with Crippen molar-refractivity contribution in [1.29, 1.82) is 0 Å².